The van der Waals surface area contributed by atoms with Crippen molar-refractivity contribution in [3.8, 4) is 0 Å². The number of nitrogens with zero attached hydrogens (tertiary/aromatic N) is 2. The van der Waals surface area contributed by atoms with Gasteiger partial charge in [0.25, 0.3) is 5.91 Å². The highest BCUT2D eigenvalue weighted by molar-refractivity contribution is 5.97. The summed E-state index contributed by atoms with van der Waals surface area (Å²) in [6.45, 7) is 5.23. The standard InChI is InChI=1S/C13H24N4O3/c1-5-10-11(14)12(16-15-10)13(18)17(6-7-19-3)9(2)8-20-4/h9H,5-8,14H2,1-4H3,(H,15,16). The summed E-state index contributed by atoms with van der Waals surface area (Å²) in [5.41, 5.74) is 7.41. The highest BCUT2D eigenvalue weighted by Gasteiger charge is 2.26. The molecule has 1 rings (SSSR count). The second kappa shape index (κ2) is 7.86. The lowest BCUT2D eigenvalue weighted by molar-refractivity contribution is 0.0475. The Balaban J connectivity index is 2.93. The van der Waals surface area contributed by atoms with Crippen molar-refractivity contribution in [2.45, 2.75) is 26.3 Å². The fraction of sp³-hybridized carbons (Fsp3) is 0.692. The van der Waals surface area contributed by atoms with Crippen LogP contribution in [0.4, 0.5) is 5.69 Å². The van der Waals surface area contributed by atoms with Crippen LogP contribution in [0.15, 0.2) is 0 Å². The van der Waals surface area contributed by atoms with Crippen LogP contribution in [0.2, 0.25) is 0 Å². The molecule has 114 valence electrons. The number of nitrogens with one attached hydrogen (secondary N) is 1. The summed E-state index contributed by atoms with van der Waals surface area (Å²) in [4.78, 5) is 14.2. The zero-order valence-corrected chi connectivity index (χ0v) is 12.6. The number of ether oxygens (including phenoxy) is 2. The molecule has 3 N–H and O–H groups in total. The number of H-pyrrole nitrogens is 1. The lowest BCUT2D eigenvalue weighted by Gasteiger charge is -2.28. The van der Waals surface area contributed by atoms with Gasteiger partial charge >= 0.3 is 0 Å². The number of aromatic amines is 1. The van der Waals surface area contributed by atoms with Gasteiger partial charge < -0.3 is 20.1 Å². The first-order chi connectivity index (χ1) is 9.56. The number of aromatic nitrogens is 2. The van der Waals surface area contributed by atoms with E-state index in [1.54, 1.807) is 19.1 Å². The third kappa shape index (κ3) is 3.71. The quantitative estimate of drug-likeness (QED) is 0.732. The number of rotatable bonds is 8. The molecule has 0 bridgehead atoms. The first-order valence-electron chi connectivity index (χ1n) is 6.68. The molecular weight excluding hydrogens is 260 g/mol. The van der Waals surface area contributed by atoms with Crippen LogP contribution in [-0.2, 0) is 15.9 Å². The van der Waals surface area contributed by atoms with Crippen LogP contribution in [-0.4, -0.2) is 61.0 Å². The molecule has 20 heavy (non-hydrogen) atoms. The van der Waals surface area contributed by atoms with Crippen molar-refractivity contribution in [3.63, 3.8) is 0 Å². The molecule has 0 aliphatic carbocycles. The molecule has 1 aromatic heterocycles. The van der Waals surface area contributed by atoms with Crippen molar-refractivity contribution >= 4 is 11.6 Å². The van der Waals surface area contributed by atoms with Gasteiger partial charge in [-0.1, -0.05) is 6.92 Å². The Labute approximate surface area is 119 Å². The Morgan fingerprint density at radius 1 is 1.45 bits per heavy atom. The molecule has 1 amide bonds. The first-order valence-corrected chi connectivity index (χ1v) is 6.68. The van der Waals surface area contributed by atoms with Crippen molar-refractivity contribution in [1.82, 2.24) is 15.1 Å². The fourth-order valence-electron chi connectivity index (χ4n) is 2.00. The van der Waals surface area contributed by atoms with E-state index in [4.69, 9.17) is 15.2 Å². The maximum Gasteiger partial charge on any atom is 0.276 e. The molecule has 0 saturated heterocycles. The van der Waals surface area contributed by atoms with Crippen molar-refractivity contribution in [2.24, 2.45) is 0 Å². The minimum Gasteiger partial charge on any atom is -0.395 e. The topological polar surface area (TPSA) is 93.5 Å². The Morgan fingerprint density at radius 2 is 2.15 bits per heavy atom. The number of nitrogen functional groups attached to an aromatic ring is 1. The zero-order valence-electron chi connectivity index (χ0n) is 12.6. The van der Waals surface area contributed by atoms with Crippen LogP contribution in [0.5, 0.6) is 0 Å². The van der Waals surface area contributed by atoms with E-state index in [1.165, 1.54) is 0 Å². The average molecular weight is 284 g/mol. The van der Waals surface area contributed by atoms with Gasteiger partial charge in [0.2, 0.25) is 0 Å². The normalized spacial score (nSPS) is 12.4. The highest BCUT2D eigenvalue weighted by atomic mass is 16.5. The Bertz CT molecular complexity index is 433. The van der Waals surface area contributed by atoms with Crippen LogP contribution < -0.4 is 5.73 Å². The van der Waals surface area contributed by atoms with Crippen LogP contribution >= 0.6 is 0 Å². The second-order valence-electron chi connectivity index (χ2n) is 4.61. The van der Waals surface area contributed by atoms with E-state index in [2.05, 4.69) is 10.2 Å². The van der Waals surface area contributed by atoms with E-state index >= 15 is 0 Å². The molecule has 0 fully saturated rings. The van der Waals surface area contributed by atoms with Gasteiger partial charge in [-0.3, -0.25) is 9.89 Å². The van der Waals surface area contributed by atoms with Gasteiger partial charge in [-0.05, 0) is 13.3 Å². The molecule has 0 radical (unpaired) electrons. The summed E-state index contributed by atoms with van der Waals surface area (Å²) in [7, 11) is 3.20. The summed E-state index contributed by atoms with van der Waals surface area (Å²) in [6, 6.07) is -0.0798. The van der Waals surface area contributed by atoms with Crippen LogP contribution in [0.1, 0.15) is 30.0 Å². The van der Waals surface area contributed by atoms with Crippen molar-refractivity contribution in [3.05, 3.63) is 11.4 Å². The Morgan fingerprint density at radius 3 is 2.65 bits per heavy atom. The highest BCUT2D eigenvalue weighted by Crippen LogP contribution is 2.17. The maximum absolute atomic E-state index is 12.6. The van der Waals surface area contributed by atoms with E-state index in [-0.39, 0.29) is 17.6 Å². The molecule has 1 atom stereocenters. The molecular formula is C13H24N4O3. The predicted octanol–water partition coefficient (Wildman–Crippen LogP) is 0.678. The number of hydrogen-bond donors (Lipinski definition) is 2. The molecule has 0 aromatic carbocycles. The summed E-state index contributed by atoms with van der Waals surface area (Å²) in [6.07, 6.45) is 0.706. The number of carbonyl (C=O) groups excluding carboxylic acids is 1. The zero-order chi connectivity index (χ0) is 15.1. The monoisotopic (exact) mass is 284 g/mol. The Kier molecular flexibility index (Phi) is 6.47. The van der Waals surface area contributed by atoms with E-state index in [9.17, 15) is 4.79 Å². The van der Waals surface area contributed by atoms with Gasteiger partial charge in [-0.15, -0.1) is 0 Å². The third-order valence-corrected chi connectivity index (χ3v) is 3.18. The molecule has 0 saturated carbocycles. The van der Waals surface area contributed by atoms with E-state index in [0.717, 1.165) is 5.69 Å². The van der Waals surface area contributed by atoms with E-state index < -0.39 is 0 Å². The fourth-order valence-corrected chi connectivity index (χ4v) is 2.00. The Hall–Kier alpha value is -1.60. The summed E-state index contributed by atoms with van der Waals surface area (Å²) in [5, 5.41) is 6.84. The number of carbonyl (C=O) groups is 1. The van der Waals surface area contributed by atoms with Crippen molar-refractivity contribution in [2.75, 3.05) is 39.7 Å². The minimum atomic E-state index is -0.208. The van der Waals surface area contributed by atoms with E-state index in [0.29, 0.717) is 31.9 Å². The maximum atomic E-state index is 12.6. The SMILES string of the molecule is CCc1[nH]nc(C(=O)N(CCOC)C(C)COC)c1N. The van der Waals surface area contributed by atoms with Gasteiger partial charge in [0.1, 0.15) is 0 Å². The molecule has 7 nitrogen and oxygen atoms in total. The van der Waals surface area contributed by atoms with Gasteiger partial charge in [-0.25, -0.2) is 0 Å². The molecule has 0 aliphatic rings. The summed E-state index contributed by atoms with van der Waals surface area (Å²) in [5.74, 6) is -0.208. The second-order valence-corrected chi connectivity index (χ2v) is 4.61. The van der Waals surface area contributed by atoms with E-state index in [1.807, 2.05) is 13.8 Å². The first kappa shape index (κ1) is 16.5. The number of hydrogen-bond acceptors (Lipinski definition) is 5. The average Bonchev–Trinajstić information content (AvgIpc) is 2.80. The van der Waals surface area contributed by atoms with Gasteiger partial charge in [0, 0.05) is 20.8 Å². The van der Waals surface area contributed by atoms with Crippen LogP contribution in [0.25, 0.3) is 0 Å². The number of anilines is 1. The minimum absolute atomic E-state index is 0.0798. The third-order valence-electron chi connectivity index (χ3n) is 3.18. The summed E-state index contributed by atoms with van der Waals surface area (Å²) >= 11 is 0. The molecule has 1 unspecified atom stereocenters. The summed E-state index contributed by atoms with van der Waals surface area (Å²) < 4.78 is 10.2. The molecule has 1 aromatic rings. The lowest BCUT2D eigenvalue weighted by Crippen LogP contribution is -2.43. The van der Waals surface area contributed by atoms with Gasteiger partial charge in [0.05, 0.1) is 30.6 Å². The molecule has 7 heteroatoms. The van der Waals surface area contributed by atoms with Crippen LogP contribution in [0, 0.1) is 0 Å². The number of nitrogens with two attached hydrogens (primary N) is 1. The molecule has 0 spiro atoms. The van der Waals surface area contributed by atoms with Gasteiger partial charge in [0.15, 0.2) is 5.69 Å². The van der Waals surface area contributed by atoms with Crippen molar-refractivity contribution in [1.29, 1.82) is 0 Å². The van der Waals surface area contributed by atoms with Crippen LogP contribution in [0.3, 0.4) is 0 Å². The number of methoxy groups -OCH3 is 2. The van der Waals surface area contributed by atoms with Gasteiger partial charge in [-0.2, -0.15) is 5.10 Å². The number of amides is 1. The smallest absolute Gasteiger partial charge is 0.276 e. The van der Waals surface area contributed by atoms with Crippen molar-refractivity contribution < 1.29 is 14.3 Å². The largest absolute Gasteiger partial charge is 0.395 e. The predicted molar refractivity (Wildman–Crippen MR) is 76.6 cm³/mol. The molecule has 1 heterocycles. The lowest BCUT2D eigenvalue weighted by atomic mass is 10.2. The number of aryl methyl sites for hydroxylation is 1. The molecule has 0 aliphatic heterocycles.